The van der Waals surface area contributed by atoms with Crippen LogP contribution in [-0.4, -0.2) is 57.9 Å². The molecule has 3 heterocycles. The summed E-state index contributed by atoms with van der Waals surface area (Å²) in [4.78, 5) is 24.5. The molecule has 3 aliphatic heterocycles. The lowest BCUT2D eigenvalue weighted by Crippen LogP contribution is -2.47. The maximum atomic E-state index is 10.9. The SMILES string of the molecule is O=C(O)N1C[C@H]2CC[C@@H](C1)N(C(=O)O)C2. The van der Waals surface area contributed by atoms with Crippen LogP contribution in [0.3, 0.4) is 0 Å². The van der Waals surface area contributed by atoms with Crippen molar-refractivity contribution in [3.05, 3.63) is 0 Å². The first-order valence-electron chi connectivity index (χ1n) is 5.05. The van der Waals surface area contributed by atoms with Gasteiger partial charge in [-0.15, -0.1) is 0 Å². The number of nitrogens with zero attached hydrogens (tertiary/aromatic N) is 2. The van der Waals surface area contributed by atoms with E-state index in [1.807, 2.05) is 0 Å². The number of carboxylic acid groups (broad SMARTS) is 2. The third-order valence-corrected chi connectivity index (χ3v) is 3.23. The van der Waals surface area contributed by atoms with Crippen LogP contribution >= 0.6 is 0 Å². The summed E-state index contributed by atoms with van der Waals surface area (Å²) < 4.78 is 0. The fourth-order valence-electron chi connectivity index (χ4n) is 2.47. The van der Waals surface area contributed by atoms with Crippen molar-refractivity contribution in [1.82, 2.24) is 9.80 Å². The van der Waals surface area contributed by atoms with Gasteiger partial charge < -0.3 is 20.0 Å². The van der Waals surface area contributed by atoms with E-state index in [0.717, 1.165) is 12.8 Å². The minimum Gasteiger partial charge on any atom is -0.465 e. The zero-order valence-electron chi connectivity index (χ0n) is 8.30. The summed E-state index contributed by atoms with van der Waals surface area (Å²) in [6, 6.07) is -0.155. The summed E-state index contributed by atoms with van der Waals surface area (Å²) in [7, 11) is 0. The van der Waals surface area contributed by atoms with Crippen LogP contribution < -0.4 is 0 Å². The van der Waals surface area contributed by atoms with Gasteiger partial charge in [-0.25, -0.2) is 9.59 Å². The average molecular weight is 214 g/mol. The quantitative estimate of drug-likeness (QED) is 0.623. The number of rotatable bonds is 0. The number of fused-ring (bicyclic) bond motifs is 4. The number of amides is 2. The molecule has 2 atom stereocenters. The molecule has 2 bridgehead atoms. The van der Waals surface area contributed by atoms with Crippen molar-refractivity contribution in [3.63, 3.8) is 0 Å². The first-order valence-corrected chi connectivity index (χ1v) is 5.05. The third-order valence-electron chi connectivity index (χ3n) is 3.23. The lowest BCUT2D eigenvalue weighted by atomic mass is 9.95. The Kier molecular flexibility index (Phi) is 2.42. The van der Waals surface area contributed by atoms with Gasteiger partial charge in [-0.2, -0.15) is 0 Å². The number of piperidine rings is 1. The van der Waals surface area contributed by atoms with Crippen LogP contribution in [0.15, 0.2) is 0 Å². The molecule has 0 aromatic rings. The lowest BCUT2D eigenvalue weighted by Gasteiger charge is -2.33. The Hall–Kier alpha value is -1.46. The highest BCUT2D eigenvalue weighted by molar-refractivity contribution is 5.67. The fourth-order valence-corrected chi connectivity index (χ4v) is 2.47. The number of hydrogen-bond acceptors (Lipinski definition) is 2. The second-order valence-electron chi connectivity index (χ2n) is 4.22. The van der Waals surface area contributed by atoms with E-state index in [0.29, 0.717) is 19.6 Å². The zero-order valence-corrected chi connectivity index (χ0v) is 8.30. The summed E-state index contributed by atoms with van der Waals surface area (Å²) >= 11 is 0. The molecule has 3 fully saturated rings. The fraction of sp³-hybridized carbons (Fsp3) is 0.778. The van der Waals surface area contributed by atoms with Gasteiger partial charge in [0.15, 0.2) is 0 Å². The minimum atomic E-state index is -0.945. The summed E-state index contributed by atoms with van der Waals surface area (Å²) in [6.07, 6.45) is -0.171. The molecule has 0 spiro atoms. The maximum absolute atomic E-state index is 10.9. The van der Waals surface area contributed by atoms with Crippen LogP contribution in [0.1, 0.15) is 12.8 Å². The van der Waals surface area contributed by atoms with Crippen molar-refractivity contribution in [2.24, 2.45) is 5.92 Å². The highest BCUT2D eigenvalue weighted by atomic mass is 16.4. The summed E-state index contributed by atoms with van der Waals surface area (Å²) in [5.74, 6) is 0.163. The minimum absolute atomic E-state index is 0.155. The Balaban J connectivity index is 2.15. The van der Waals surface area contributed by atoms with E-state index in [1.165, 1.54) is 9.80 Å². The standard InChI is InChI=1S/C9H14N2O4/c12-8(13)10-3-6-1-2-7(5-10)11(4-6)9(14)15/h6-7H,1-5H2,(H,12,13)(H,14,15)/t6-,7+/m1/s1. The van der Waals surface area contributed by atoms with Crippen LogP contribution in [0.4, 0.5) is 9.59 Å². The van der Waals surface area contributed by atoms with E-state index in [-0.39, 0.29) is 12.0 Å². The van der Waals surface area contributed by atoms with Crippen molar-refractivity contribution >= 4 is 12.2 Å². The number of carbonyl (C=O) groups is 2. The molecule has 0 aromatic carbocycles. The van der Waals surface area contributed by atoms with Crippen LogP contribution in [0.5, 0.6) is 0 Å². The average Bonchev–Trinajstić information content (AvgIpc) is 2.47. The predicted octanol–water partition coefficient (Wildman–Crippen LogP) is 0.739. The molecule has 3 rings (SSSR count). The van der Waals surface area contributed by atoms with Gasteiger partial charge in [-0.3, -0.25) is 0 Å². The molecular formula is C9H14N2O4. The first kappa shape index (κ1) is 10.1. The van der Waals surface area contributed by atoms with Crippen LogP contribution in [0, 0.1) is 5.92 Å². The van der Waals surface area contributed by atoms with Crippen LogP contribution in [0.2, 0.25) is 0 Å². The molecule has 3 aliphatic rings. The van der Waals surface area contributed by atoms with Gasteiger partial charge >= 0.3 is 12.2 Å². The normalized spacial score (nSPS) is 30.1. The van der Waals surface area contributed by atoms with Gasteiger partial charge in [0.05, 0.1) is 6.04 Å². The molecular weight excluding hydrogens is 200 g/mol. The Bertz CT molecular complexity index is 292. The molecule has 3 saturated heterocycles. The van der Waals surface area contributed by atoms with Crippen molar-refractivity contribution in [3.8, 4) is 0 Å². The number of hydrogen-bond donors (Lipinski definition) is 2. The Morgan fingerprint density at radius 2 is 1.73 bits per heavy atom. The summed E-state index contributed by atoms with van der Waals surface area (Å²) in [5.41, 5.74) is 0. The van der Waals surface area contributed by atoms with Crippen molar-refractivity contribution in [2.45, 2.75) is 18.9 Å². The molecule has 2 N–H and O–H groups in total. The van der Waals surface area contributed by atoms with Gasteiger partial charge in [-0.1, -0.05) is 0 Å². The van der Waals surface area contributed by atoms with Gasteiger partial charge in [0.25, 0.3) is 0 Å². The van der Waals surface area contributed by atoms with Crippen LogP contribution in [-0.2, 0) is 0 Å². The molecule has 2 amide bonds. The smallest absolute Gasteiger partial charge is 0.407 e. The summed E-state index contributed by atoms with van der Waals surface area (Å²) in [5, 5.41) is 17.9. The molecule has 0 unspecified atom stereocenters. The van der Waals surface area contributed by atoms with Gasteiger partial charge in [0.1, 0.15) is 0 Å². The van der Waals surface area contributed by atoms with E-state index in [9.17, 15) is 9.59 Å². The topological polar surface area (TPSA) is 81.1 Å². The Morgan fingerprint density at radius 1 is 1.00 bits per heavy atom. The molecule has 6 nitrogen and oxygen atoms in total. The lowest BCUT2D eigenvalue weighted by molar-refractivity contribution is 0.0981. The van der Waals surface area contributed by atoms with Crippen molar-refractivity contribution < 1.29 is 19.8 Å². The van der Waals surface area contributed by atoms with Crippen molar-refractivity contribution in [1.29, 1.82) is 0 Å². The monoisotopic (exact) mass is 214 g/mol. The highest BCUT2D eigenvalue weighted by Gasteiger charge is 2.38. The van der Waals surface area contributed by atoms with E-state index in [2.05, 4.69) is 0 Å². The van der Waals surface area contributed by atoms with E-state index < -0.39 is 12.2 Å². The maximum Gasteiger partial charge on any atom is 0.407 e. The van der Waals surface area contributed by atoms with E-state index >= 15 is 0 Å². The van der Waals surface area contributed by atoms with E-state index in [4.69, 9.17) is 10.2 Å². The van der Waals surface area contributed by atoms with Gasteiger partial charge in [-0.05, 0) is 18.8 Å². The largest absolute Gasteiger partial charge is 0.465 e. The Labute approximate surface area is 87.1 Å². The molecule has 0 aliphatic carbocycles. The second kappa shape index (κ2) is 3.60. The zero-order chi connectivity index (χ0) is 11.0. The molecule has 0 aromatic heterocycles. The van der Waals surface area contributed by atoms with E-state index in [1.54, 1.807) is 0 Å². The third kappa shape index (κ3) is 1.84. The van der Waals surface area contributed by atoms with Gasteiger partial charge in [0.2, 0.25) is 0 Å². The van der Waals surface area contributed by atoms with Crippen LogP contribution in [0.25, 0.3) is 0 Å². The molecule has 15 heavy (non-hydrogen) atoms. The summed E-state index contributed by atoms with van der Waals surface area (Å²) in [6.45, 7) is 1.26. The van der Waals surface area contributed by atoms with Crippen molar-refractivity contribution in [2.75, 3.05) is 19.6 Å². The molecule has 6 heteroatoms. The molecule has 84 valence electrons. The predicted molar refractivity (Wildman–Crippen MR) is 50.8 cm³/mol. The molecule has 0 saturated carbocycles. The Morgan fingerprint density at radius 3 is 2.33 bits per heavy atom. The van der Waals surface area contributed by atoms with Gasteiger partial charge in [0, 0.05) is 19.6 Å². The highest BCUT2D eigenvalue weighted by Crippen LogP contribution is 2.27. The second-order valence-corrected chi connectivity index (χ2v) is 4.22. The molecule has 0 radical (unpaired) electrons. The first-order chi connectivity index (χ1) is 7.08.